The van der Waals surface area contributed by atoms with Gasteiger partial charge in [-0.2, -0.15) is 5.26 Å². The van der Waals surface area contributed by atoms with Crippen molar-refractivity contribution in [1.29, 1.82) is 5.26 Å². The highest BCUT2D eigenvalue weighted by Gasteiger charge is 2.07. The van der Waals surface area contributed by atoms with E-state index in [0.717, 1.165) is 22.4 Å². The second-order valence-corrected chi connectivity index (χ2v) is 6.77. The van der Waals surface area contributed by atoms with E-state index in [4.69, 9.17) is 16.9 Å². The van der Waals surface area contributed by atoms with Crippen LogP contribution in [0.25, 0.3) is 0 Å². The van der Waals surface area contributed by atoms with Gasteiger partial charge in [0, 0.05) is 34.6 Å². The molecule has 0 atom stereocenters. The molecule has 2 aromatic rings. The lowest BCUT2D eigenvalue weighted by Gasteiger charge is -2.20. The van der Waals surface area contributed by atoms with Gasteiger partial charge in [0.05, 0.1) is 11.6 Å². The average Bonchev–Trinajstić information content (AvgIpc) is 2.63. The fourth-order valence-corrected chi connectivity index (χ4v) is 2.54. The van der Waals surface area contributed by atoms with Gasteiger partial charge < -0.3 is 4.90 Å². The molecule has 2 rings (SSSR count). The van der Waals surface area contributed by atoms with Gasteiger partial charge in [0.25, 0.3) is 0 Å². The molecule has 0 radical (unpaired) electrons. The molecule has 0 N–H and O–H groups in total. The van der Waals surface area contributed by atoms with Gasteiger partial charge in [-0.3, -0.25) is 0 Å². The van der Waals surface area contributed by atoms with Crippen LogP contribution in [-0.2, 0) is 0 Å². The summed E-state index contributed by atoms with van der Waals surface area (Å²) in [5.41, 5.74) is 4.54. The van der Waals surface area contributed by atoms with Crippen molar-refractivity contribution in [1.82, 2.24) is 0 Å². The molecule has 0 aliphatic heterocycles. The van der Waals surface area contributed by atoms with Crippen molar-refractivity contribution in [3.8, 4) is 17.9 Å². The number of anilines is 1. The van der Waals surface area contributed by atoms with Crippen LogP contribution >= 0.6 is 11.6 Å². The SMILES string of the molecule is CC(C)=C(C#Cc1cccc(Cl)c1)/C=C(/C)N(C)c1cc(F)cc(C#N)c1. The molecule has 0 saturated carbocycles. The van der Waals surface area contributed by atoms with Crippen molar-refractivity contribution in [3.63, 3.8) is 0 Å². The van der Waals surface area contributed by atoms with E-state index in [-0.39, 0.29) is 5.56 Å². The normalized spacial score (nSPS) is 10.5. The highest BCUT2D eigenvalue weighted by atomic mass is 35.5. The third kappa shape index (κ3) is 5.74. The Balaban J connectivity index is 2.35. The monoisotopic (exact) mass is 378 g/mol. The molecule has 0 aliphatic carbocycles. The molecule has 0 saturated heterocycles. The molecular weight excluding hydrogens is 359 g/mol. The zero-order chi connectivity index (χ0) is 20.0. The quantitative estimate of drug-likeness (QED) is 0.478. The van der Waals surface area contributed by atoms with Crippen molar-refractivity contribution in [2.75, 3.05) is 11.9 Å². The van der Waals surface area contributed by atoms with Gasteiger partial charge >= 0.3 is 0 Å². The topological polar surface area (TPSA) is 27.0 Å². The Morgan fingerprint density at radius 2 is 1.85 bits per heavy atom. The van der Waals surface area contributed by atoms with E-state index in [0.29, 0.717) is 10.7 Å². The summed E-state index contributed by atoms with van der Waals surface area (Å²) in [4.78, 5) is 1.83. The van der Waals surface area contributed by atoms with Gasteiger partial charge in [-0.15, -0.1) is 0 Å². The predicted molar refractivity (Wildman–Crippen MR) is 110 cm³/mol. The van der Waals surface area contributed by atoms with Crippen LogP contribution in [0.1, 0.15) is 31.9 Å². The zero-order valence-corrected chi connectivity index (χ0v) is 16.5. The lowest BCUT2D eigenvalue weighted by Crippen LogP contribution is -2.15. The first kappa shape index (κ1) is 20.3. The molecule has 0 aromatic heterocycles. The minimum atomic E-state index is -0.438. The molecule has 0 heterocycles. The molecule has 0 fully saturated rings. The molecule has 2 nitrogen and oxygen atoms in total. The van der Waals surface area contributed by atoms with Gasteiger partial charge in [-0.25, -0.2) is 4.39 Å². The third-order valence-electron chi connectivity index (χ3n) is 3.99. The molecule has 0 unspecified atom stereocenters. The maximum absolute atomic E-state index is 13.7. The van der Waals surface area contributed by atoms with Gasteiger partial charge in [-0.1, -0.05) is 35.1 Å². The lowest BCUT2D eigenvalue weighted by atomic mass is 10.1. The molecule has 27 heavy (non-hydrogen) atoms. The molecule has 0 bridgehead atoms. The standard InChI is InChI=1S/C23H20ClFN2/c1-16(2)20(9-8-18-6-5-7-21(24)11-18)10-17(3)27(4)23-13-19(15-26)12-22(25)14-23/h5-7,10-14H,1-4H3/b17-10-. The minimum absolute atomic E-state index is 0.285. The van der Waals surface area contributed by atoms with Crippen molar-refractivity contribution >= 4 is 17.3 Å². The Kier molecular flexibility index (Phi) is 6.83. The Morgan fingerprint density at radius 3 is 2.48 bits per heavy atom. The van der Waals surface area contributed by atoms with Crippen LogP contribution in [0.2, 0.25) is 5.02 Å². The van der Waals surface area contributed by atoms with Crippen LogP contribution in [-0.4, -0.2) is 7.05 Å². The summed E-state index contributed by atoms with van der Waals surface area (Å²) in [5, 5.41) is 9.68. The number of hydrogen-bond acceptors (Lipinski definition) is 2. The Labute approximate surface area is 165 Å². The zero-order valence-electron chi connectivity index (χ0n) is 15.8. The molecule has 136 valence electrons. The van der Waals surface area contributed by atoms with Crippen LogP contribution in [0.5, 0.6) is 0 Å². The number of nitrogens with zero attached hydrogens (tertiary/aromatic N) is 2. The van der Waals surface area contributed by atoms with E-state index < -0.39 is 5.82 Å². The Morgan fingerprint density at radius 1 is 1.11 bits per heavy atom. The molecule has 0 amide bonds. The van der Waals surface area contributed by atoms with Crippen LogP contribution in [0.3, 0.4) is 0 Å². The smallest absolute Gasteiger partial charge is 0.126 e. The number of halogens is 2. The van der Waals surface area contributed by atoms with Gasteiger partial charge in [0.1, 0.15) is 5.82 Å². The number of allylic oxidation sites excluding steroid dienone is 4. The predicted octanol–water partition coefficient (Wildman–Crippen LogP) is 6.08. The molecule has 2 aromatic carbocycles. The Hall–Kier alpha value is -3.01. The number of benzene rings is 2. The fraction of sp³-hybridized carbons (Fsp3) is 0.174. The molecule has 0 spiro atoms. The fourth-order valence-electron chi connectivity index (χ4n) is 2.35. The van der Waals surface area contributed by atoms with Gasteiger partial charge in [-0.05, 0) is 63.2 Å². The van der Waals surface area contributed by atoms with Crippen LogP contribution in [0, 0.1) is 29.0 Å². The van der Waals surface area contributed by atoms with Crippen molar-refractivity contribution in [2.45, 2.75) is 20.8 Å². The summed E-state index contributed by atoms with van der Waals surface area (Å²) in [7, 11) is 1.83. The first-order valence-electron chi connectivity index (χ1n) is 8.38. The maximum Gasteiger partial charge on any atom is 0.126 e. The summed E-state index contributed by atoms with van der Waals surface area (Å²) < 4.78 is 13.7. The first-order chi connectivity index (χ1) is 12.8. The lowest BCUT2D eigenvalue weighted by molar-refractivity contribution is 0.627. The summed E-state index contributed by atoms with van der Waals surface area (Å²) in [6.45, 7) is 5.89. The second-order valence-electron chi connectivity index (χ2n) is 6.33. The van der Waals surface area contributed by atoms with Crippen molar-refractivity contribution in [3.05, 3.63) is 87.4 Å². The number of nitriles is 1. The highest BCUT2D eigenvalue weighted by Crippen LogP contribution is 2.22. The summed E-state index contributed by atoms with van der Waals surface area (Å²) in [6.07, 6.45) is 1.95. The van der Waals surface area contributed by atoms with Crippen molar-refractivity contribution < 1.29 is 4.39 Å². The van der Waals surface area contributed by atoms with Gasteiger partial charge in [0.2, 0.25) is 0 Å². The largest absolute Gasteiger partial charge is 0.348 e. The van der Waals surface area contributed by atoms with E-state index in [9.17, 15) is 4.39 Å². The second kappa shape index (κ2) is 9.08. The summed E-state index contributed by atoms with van der Waals surface area (Å²) in [5.74, 6) is 5.86. The molecule has 4 heteroatoms. The number of rotatable bonds is 3. The third-order valence-corrected chi connectivity index (χ3v) is 4.22. The van der Waals surface area contributed by atoms with Crippen LogP contribution in [0.4, 0.5) is 10.1 Å². The van der Waals surface area contributed by atoms with Crippen molar-refractivity contribution in [2.24, 2.45) is 0 Å². The molecule has 0 aliphatic rings. The summed E-state index contributed by atoms with van der Waals surface area (Å²) in [6, 6.07) is 13.6. The average molecular weight is 379 g/mol. The van der Waals surface area contributed by atoms with Gasteiger partial charge in [0.15, 0.2) is 0 Å². The first-order valence-corrected chi connectivity index (χ1v) is 8.75. The van der Waals surface area contributed by atoms with E-state index in [1.54, 1.807) is 6.07 Å². The number of hydrogen-bond donors (Lipinski definition) is 0. The van der Waals surface area contributed by atoms with Crippen LogP contribution < -0.4 is 4.90 Å². The molecular formula is C23H20ClFN2. The Bertz CT molecular complexity index is 1010. The highest BCUT2D eigenvalue weighted by molar-refractivity contribution is 6.30. The summed E-state index contributed by atoms with van der Waals surface area (Å²) >= 11 is 6.00. The maximum atomic E-state index is 13.7. The van der Waals surface area contributed by atoms with E-state index in [1.165, 1.54) is 12.1 Å². The van der Waals surface area contributed by atoms with Crippen LogP contribution in [0.15, 0.2) is 65.4 Å². The van der Waals surface area contributed by atoms with E-state index >= 15 is 0 Å². The minimum Gasteiger partial charge on any atom is -0.348 e. The van der Waals surface area contributed by atoms with E-state index in [1.807, 2.05) is 69.1 Å². The van der Waals surface area contributed by atoms with E-state index in [2.05, 4.69) is 11.8 Å².